The van der Waals surface area contributed by atoms with Gasteiger partial charge in [0.15, 0.2) is 0 Å². The summed E-state index contributed by atoms with van der Waals surface area (Å²) in [5, 5.41) is 8.67. The number of H-pyrrole nitrogens is 2. The minimum Gasteiger partial charge on any atom is -0.497 e. The van der Waals surface area contributed by atoms with Gasteiger partial charge in [0.25, 0.3) is 5.91 Å². The van der Waals surface area contributed by atoms with E-state index >= 15 is 0 Å². The van der Waals surface area contributed by atoms with E-state index in [1.807, 2.05) is 59.6 Å². The Labute approximate surface area is 190 Å². The van der Waals surface area contributed by atoms with Crippen molar-refractivity contribution in [3.8, 4) is 17.0 Å². The zero-order valence-electron chi connectivity index (χ0n) is 18.0. The second-order valence-corrected chi connectivity index (χ2v) is 8.12. The lowest BCUT2D eigenvalue weighted by Crippen LogP contribution is -2.31. The van der Waals surface area contributed by atoms with Crippen LogP contribution in [-0.4, -0.2) is 39.6 Å². The summed E-state index contributed by atoms with van der Waals surface area (Å²) < 4.78 is 11.1. The summed E-state index contributed by atoms with van der Waals surface area (Å²) in [5.41, 5.74) is 5.30. The number of furan rings is 1. The van der Waals surface area contributed by atoms with Gasteiger partial charge in [-0.15, -0.1) is 0 Å². The third kappa shape index (κ3) is 3.12. The standard InChI is InChI=1S/C26H22N4O3/c1-32-18-10-8-16(9-11-18)23-22-24(29-28-23)26(31)30(25(22)21-7-4-14-33-21)13-12-17-15-27-20-6-3-2-5-19(17)20/h2-11,14-15,25,27H,12-13H2,1H3,(H,28,29). The molecule has 1 amide bonds. The fourth-order valence-electron chi connectivity index (χ4n) is 4.72. The Balaban J connectivity index is 1.37. The van der Waals surface area contributed by atoms with E-state index in [9.17, 15) is 4.79 Å². The number of ether oxygens (including phenoxy) is 1. The zero-order valence-corrected chi connectivity index (χ0v) is 18.0. The van der Waals surface area contributed by atoms with Gasteiger partial charge in [-0.05, 0) is 54.4 Å². The lowest BCUT2D eigenvalue weighted by atomic mass is 10.00. The van der Waals surface area contributed by atoms with Crippen molar-refractivity contribution >= 4 is 16.8 Å². The lowest BCUT2D eigenvalue weighted by molar-refractivity contribution is 0.0732. The number of para-hydroxylation sites is 1. The van der Waals surface area contributed by atoms with Crippen molar-refractivity contribution in [1.29, 1.82) is 0 Å². The Kier molecular flexibility index (Phi) is 4.54. The molecule has 164 valence electrons. The van der Waals surface area contributed by atoms with Crippen molar-refractivity contribution in [2.75, 3.05) is 13.7 Å². The van der Waals surface area contributed by atoms with E-state index < -0.39 is 0 Å². The number of aromatic amines is 2. The van der Waals surface area contributed by atoms with E-state index in [0.29, 0.717) is 12.2 Å². The highest BCUT2D eigenvalue weighted by molar-refractivity contribution is 6.00. The first-order valence-electron chi connectivity index (χ1n) is 10.9. The number of fused-ring (bicyclic) bond motifs is 2. The molecule has 0 radical (unpaired) electrons. The van der Waals surface area contributed by atoms with Gasteiger partial charge in [-0.3, -0.25) is 9.89 Å². The van der Waals surface area contributed by atoms with Crippen LogP contribution in [0.2, 0.25) is 0 Å². The predicted molar refractivity (Wildman–Crippen MR) is 124 cm³/mol. The number of nitrogens with zero attached hydrogens (tertiary/aromatic N) is 2. The molecule has 3 aromatic heterocycles. The van der Waals surface area contributed by atoms with Gasteiger partial charge in [0, 0.05) is 34.8 Å². The van der Waals surface area contributed by atoms with Gasteiger partial charge in [0.2, 0.25) is 0 Å². The first-order valence-corrected chi connectivity index (χ1v) is 10.9. The minimum atomic E-state index is -0.344. The van der Waals surface area contributed by atoms with Crippen LogP contribution < -0.4 is 4.74 Å². The molecular weight excluding hydrogens is 416 g/mol. The van der Waals surface area contributed by atoms with Crippen LogP contribution in [0.15, 0.2) is 77.5 Å². The molecule has 4 heterocycles. The third-order valence-corrected chi connectivity index (χ3v) is 6.34. The number of benzene rings is 2. The van der Waals surface area contributed by atoms with Crippen LogP contribution >= 0.6 is 0 Å². The molecular formula is C26H22N4O3. The monoisotopic (exact) mass is 438 g/mol. The number of nitrogens with one attached hydrogen (secondary N) is 2. The van der Waals surface area contributed by atoms with E-state index in [0.717, 1.165) is 40.3 Å². The normalized spacial score (nSPS) is 15.4. The van der Waals surface area contributed by atoms with Crippen molar-refractivity contribution in [1.82, 2.24) is 20.1 Å². The van der Waals surface area contributed by atoms with Crippen LogP contribution in [-0.2, 0) is 6.42 Å². The molecule has 0 bridgehead atoms. The van der Waals surface area contributed by atoms with Crippen molar-refractivity contribution in [2.45, 2.75) is 12.5 Å². The number of hydrogen-bond acceptors (Lipinski definition) is 4. The molecule has 33 heavy (non-hydrogen) atoms. The quantitative estimate of drug-likeness (QED) is 0.393. The Bertz CT molecular complexity index is 1430. The van der Waals surface area contributed by atoms with Crippen molar-refractivity contribution in [3.05, 3.63) is 95.7 Å². The number of carbonyl (C=O) groups excluding carboxylic acids is 1. The summed E-state index contributed by atoms with van der Waals surface area (Å²) in [7, 11) is 1.64. The summed E-state index contributed by atoms with van der Waals surface area (Å²) in [6.45, 7) is 0.552. The van der Waals surface area contributed by atoms with E-state index in [1.165, 1.54) is 10.9 Å². The molecule has 0 saturated carbocycles. The van der Waals surface area contributed by atoms with E-state index in [1.54, 1.807) is 13.4 Å². The second-order valence-electron chi connectivity index (χ2n) is 8.12. The van der Waals surface area contributed by atoms with E-state index in [2.05, 4.69) is 27.3 Å². The highest BCUT2D eigenvalue weighted by Gasteiger charge is 2.43. The van der Waals surface area contributed by atoms with Crippen molar-refractivity contribution in [3.63, 3.8) is 0 Å². The summed E-state index contributed by atoms with van der Waals surface area (Å²) in [5.74, 6) is 1.42. The van der Waals surface area contributed by atoms with Crippen LogP contribution in [0.5, 0.6) is 5.75 Å². The number of carbonyl (C=O) groups is 1. The first-order chi connectivity index (χ1) is 16.2. The largest absolute Gasteiger partial charge is 0.497 e. The third-order valence-electron chi connectivity index (χ3n) is 6.34. The molecule has 1 aliphatic rings. The lowest BCUT2D eigenvalue weighted by Gasteiger charge is -2.24. The summed E-state index contributed by atoms with van der Waals surface area (Å²) in [6, 6.07) is 19.3. The van der Waals surface area contributed by atoms with Gasteiger partial charge in [-0.1, -0.05) is 18.2 Å². The van der Waals surface area contributed by atoms with Crippen LogP contribution in [0.3, 0.4) is 0 Å². The Hall–Kier alpha value is -4.26. The maximum absolute atomic E-state index is 13.5. The fourth-order valence-corrected chi connectivity index (χ4v) is 4.72. The SMILES string of the molecule is COc1ccc(-c2n[nH]c3c2C(c2ccco2)N(CCc2c[nH]c4ccccc24)C3=O)cc1. The van der Waals surface area contributed by atoms with Crippen LogP contribution in [0, 0.1) is 0 Å². The van der Waals surface area contributed by atoms with Crippen LogP contribution in [0.25, 0.3) is 22.2 Å². The molecule has 1 unspecified atom stereocenters. The van der Waals surface area contributed by atoms with Crippen LogP contribution in [0.1, 0.15) is 33.4 Å². The molecule has 2 aromatic carbocycles. The minimum absolute atomic E-state index is 0.0708. The van der Waals surface area contributed by atoms with E-state index in [-0.39, 0.29) is 11.9 Å². The van der Waals surface area contributed by atoms with Gasteiger partial charge in [-0.2, -0.15) is 5.10 Å². The number of aromatic nitrogens is 3. The molecule has 1 aliphatic heterocycles. The zero-order chi connectivity index (χ0) is 22.4. The van der Waals surface area contributed by atoms with Crippen molar-refractivity contribution in [2.24, 2.45) is 0 Å². The Morgan fingerprint density at radius 2 is 1.94 bits per heavy atom. The van der Waals surface area contributed by atoms with Gasteiger partial charge in [-0.25, -0.2) is 0 Å². The molecule has 0 saturated heterocycles. The highest BCUT2D eigenvalue weighted by atomic mass is 16.5. The average Bonchev–Trinajstić information content (AvgIpc) is 3.64. The molecule has 5 aromatic rings. The van der Waals surface area contributed by atoms with Gasteiger partial charge >= 0.3 is 0 Å². The molecule has 7 nitrogen and oxygen atoms in total. The van der Waals surface area contributed by atoms with Gasteiger partial charge < -0.3 is 19.0 Å². The van der Waals surface area contributed by atoms with Gasteiger partial charge in [0.1, 0.15) is 23.2 Å². The molecule has 7 heteroatoms. The van der Waals surface area contributed by atoms with Crippen molar-refractivity contribution < 1.29 is 13.9 Å². The predicted octanol–water partition coefficient (Wildman–Crippen LogP) is 4.95. The summed E-state index contributed by atoms with van der Waals surface area (Å²) in [6.07, 6.45) is 4.39. The Morgan fingerprint density at radius 3 is 2.73 bits per heavy atom. The topological polar surface area (TPSA) is 87.2 Å². The summed E-state index contributed by atoms with van der Waals surface area (Å²) >= 11 is 0. The average molecular weight is 438 g/mol. The molecule has 2 N–H and O–H groups in total. The van der Waals surface area contributed by atoms with E-state index in [4.69, 9.17) is 9.15 Å². The summed E-state index contributed by atoms with van der Waals surface area (Å²) in [4.78, 5) is 18.6. The molecule has 0 spiro atoms. The maximum Gasteiger partial charge on any atom is 0.273 e. The van der Waals surface area contributed by atoms with Crippen LogP contribution in [0.4, 0.5) is 0 Å². The number of amides is 1. The fraction of sp³-hybridized carbons (Fsp3) is 0.154. The first kappa shape index (κ1) is 19.4. The maximum atomic E-state index is 13.5. The van der Waals surface area contributed by atoms with Gasteiger partial charge in [0.05, 0.1) is 19.1 Å². The number of rotatable bonds is 6. The number of methoxy groups -OCH3 is 1. The smallest absolute Gasteiger partial charge is 0.273 e. The Morgan fingerprint density at radius 1 is 1.09 bits per heavy atom. The molecule has 0 fully saturated rings. The highest BCUT2D eigenvalue weighted by Crippen LogP contribution is 2.43. The molecule has 1 atom stereocenters. The molecule has 6 rings (SSSR count). The molecule has 0 aliphatic carbocycles. The number of hydrogen-bond donors (Lipinski definition) is 2. The second kappa shape index (κ2) is 7.70.